The molecule has 2 aromatic rings. The lowest BCUT2D eigenvalue weighted by Gasteiger charge is -2.22. The van der Waals surface area contributed by atoms with Gasteiger partial charge in [0.25, 0.3) is 5.91 Å². The highest BCUT2D eigenvalue weighted by atomic mass is 16.5. The van der Waals surface area contributed by atoms with Gasteiger partial charge in [0, 0.05) is 12.1 Å². The molecule has 0 radical (unpaired) electrons. The van der Waals surface area contributed by atoms with E-state index in [2.05, 4.69) is 5.32 Å². The number of ether oxygens (including phenoxy) is 1. The molecule has 1 aromatic carbocycles. The number of aliphatic hydroxyl groups is 1. The molecule has 1 aromatic heterocycles. The van der Waals surface area contributed by atoms with Crippen LogP contribution in [0.2, 0.25) is 0 Å². The molecule has 0 aliphatic heterocycles. The molecule has 0 atom stereocenters. The van der Waals surface area contributed by atoms with E-state index in [1.54, 1.807) is 6.07 Å². The summed E-state index contributed by atoms with van der Waals surface area (Å²) in [5.41, 5.74) is -0.0899. The summed E-state index contributed by atoms with van der Waals surface area (Å²) in [5.74, 6) is 0.657. The van der Waals surface area contributed by atoms with Crippen LogP contribution in [0.3, 0.4) is 0 Å². The van der Waals surface area contributed by atoms with Gasteiger partial charge < -0.3 is 19.6 Å². The van der Waals surface area contributed by atoms with E-state index < -0.39 is 5.60 Å². The number of hydrogen-bond acceptors (Lipinski definition) is 4. The summed E-state index contributed by atoms with van der Waals surface area (Å²) in [6, 6.07) is 11.1. The molecule has 1 fully saturated rings. The fourth-order valence-electron chi connectivity index (χ4n) is 2.86. The second-order valence-corrected chi connectivity index (χ2v) is 5.99. The second-order valence-electron chi connectivity index (χ2n) is 5.99. The Labute approximate surface area is 135 Å². The van der Waals surface area contributed by atoms with E-state index in [9.17, 15) is 9.90 Å². The summed E-state index contributed by atoms with van der Waals surface area (Å²) in [7, 11) is 0. The lowest BCUT2D eigenvalue weighted by Crippen LogP contribution is -2.40. The summed E-state index contributed by atoms with van der Waals surface area (Å²) in [6.45, 7) is 0.513. The van der Waals surface area contributed by atoms with E-state index >= 15 is 0 Å². The van der Waals surface area contributed by atoms with Gasteiger partial charge in [-0.25, -0.2) is 0 Å². The smallest absolute Gasteiger partial charge is 0.287 e. The summed E-state index contributed by atoms with van der Waals surface area (Å²) < 4.78 is 10.9. The van der Waals surface area contributed by atoms with Gasteiger partial charge in [-0.15, -0.1) is 0 Å². The molecule has 0 unspecified atom stereocenters. The number of furan rings is 1. The van der Waals surface area contributed by atoms with Gasteiger partial charge in [0.15, 0.2) is 5.76 Å². The molecule has 1 aliphatic carbocycles. The molecule has 0 bridgehead atoms. The van der Waals surface area contributed by atoms with Crippen molar-refractivity contribution in [1.82, 2.24) is 5.32 Å². The minimum Gasteiger partial charge on any atom is -0.489 e. The zero-order valence-corrected chi connectivity index (χ0v) is 13.0. The third-order valence-electron chi connectivity index (χ3n) is 4.20. The number of carbonyl (C=O) groups excluding carboxylic acids is 1. The summed E-state index contributed by atoms with van der Waals surface area (Å²) in [6.07, 6.45) is 4.94. The first-order valence-electron chi connectivity index (χ1n) is 7.91. The zero-order chi connectivity index (χ0) is 16.1. The van der Waals surface area contributed by atoms with Crippen LogP contribution >= 0.6 is 0 Å². The minimum atomic E-state index is -0.775. The first kappa shape index (κ1) is 15.6. The lowest BCUT2D eigenvalue weighted by atomic mass is 10.0. The number of carbonyl (C=O) groups is 1. The Bertz CT molecular complexity index is 644. The van der Waals surface area contributed by atoms with Crippen LogP contribution in [0.4, 0.5) is 0 Å². The van der Waals surface area contributed by atoms with Crippen molar-refractivity contribution in [3.63, 3.8) is 0 Å². The van der Waals surface area contributed by atoms with Gasteiger partial charge in [0.1, 0.15) is 12.4 Å². The van der Waals surface area contributed by atoms with E-state index in [0.717, 1.165) is 31.4 Å². The molecule has 0 saturated heterocycles. The quantitative estimate of drug-likeness (QED) is 0.860. The van der Waals surface area contributed by atoms with Crippen molar-refractivity contribution in [3.8, 4) is 5.75 Å². The molecule has 5 nitrogen and oxygen atoms in total. The first-order chi connectivity index (χ1) is 11.2. The molecule has 122 valence electrons. The van der Waals surface area contributed by atoms with Crippen LogP contribution in [0.25, 0.3) is 0 Å². The van der Waals surface area contributed by atoms with Gasteiger partial charge >= 0.3 is 0 Å². The molecule has 23 heavy (non-hydrogen) atoms. The monoisotopic (exact) mass is 315 g/mol. The summed E-state index contributed by atoms with van der Waals surface area (Å²) in [4.78, 5) is 12.3. The average molecular weight is 315 g/mol. The maximum atomic E-state index is 12.3. The van der Waals surface area contributed by atoms with Gasteiger partial charge in [0.2, 0.25) is 0 Å². The Morgan fingerprint density at radius 2 is 1.96 bits per heavy atom. The standard InChI is InChI=1S/C18H21NO4/c20-17(19-13-18(21)9-4-5-10-18)16-14(8-11-22-16)12-23-15-6-2-1-3-7-15/h1-3,6-8,11,21H,4-5,9-10,12-13H2,(H,19,20). The average Bonchev–Trinajstić information content (AvgIpc) is 3.21. The molecule has 5 heteroatoms. The number of benzene rings is 1. The van der Waals surface area contributed by atoms with Crippen molar-refractivity contribution >= 4 is 5.91 Å². The van der Waals surface area contributed by atoms with Crippen LogP contribution in [-0.2, 0) is 6.61 Å². The van der Waals surface area contributed by atoms with Gasteiger partial charge in [-0.1, -0.05) is 31.0 Å². The molecule has 2 N–H and O–H groups in total. The van der Waals surface area contributed by atoms with E-state index in [1.165, 1.54) is 6.26 Å². The largest absolute Gasteiger partial charge is 0.489 e. The predicted octanol–water partition coefficient (Wildman–Crippen LogP) is 2.89. The van der Waals surface area contributed by atoms with Crippen molar-refractivity contribution < 1.29 is 19.1 Å². The van der Waals surface area contributed by atoms with Crippen LogP contribution in [0.5, 0.6) is 5.75 Å². The molecular formula is C18H21NO4. The molecule has 1 aliphatic rings. The summed E-state index contributed by atoms with van der Waals surface area (Å²) >= 11 is 0. The predicted molar refractivity (Wildman–Crippen MR) is 85.2 cm³/mol. The molecule has 1 amide bonds. The van der Waals surface area contributed by atoms with E-state index in [1.807, 2.05) is 30.3 Å². The van der Waals surface area contributed by atoms with Crippen LogP contribution < -0.4 is 10.1 Å². The van der Waals surface area contributed by atoms with Gasteiger partial charge in [0.05, 0.1) is 11.9 Å². The van der Waals surface area contributed by atoms with E-state index in [0.29, 0.717) is 5.56 Å². The fourth-order valence-corrected chi connectivity index (χ4v) is 2.86. The second kappa shape index (κ2) is 6.87. The number of nitrogens with one attached hydrogen (secondary N) is 1. The van der Waals surface area contributed by atoms with Crippen LogP contribution in [-0.4, -0.2) is 23.2 Å². The third kappa shape index (κ3) is 3.93. The minimum absolute atomic E-state index is 0.238. The van der Waals surface area contributed by atoms with Gasteiger partial charge in [-0.2, -0.15) is 0 Å². The normalized spacial score (nSPS) is 16.2. The maximum absolute atomic E-state index is 12.3. The van der Waals surface area contributed by atoms with Gasteiger partial charge in [-0.05, 0) is 31.0 Å². The Morgan fingerprint density at radius 3 is 2.70 bits per heavy atom. The number of para-hydroxylation sites is 1. The highest BCUT2D eigenvalue weighted by Crippen LogP contribution is 2.28. The van der Waals surface area contributed by atoms with Crippen LogP contribution in [0, 0.1) is 0 Å². The highest BCUT2D eigenvalue weighted by molar-refractivity contribution is 5.92. The van der Waals surface area contributed by atoms with Gasteiger partial charge in [-0.3, -0.25) is 4.79 Å². The Kier molecular flexibility index (Phi) is 4.67. The maximum Gasteiger partial charge on any atom is 0.287 e. The van der Waals surface area contributed by atoms with Crippen molar-refractivity contribution in [2.45, 2.75) is 37.9 Å². The number of rotatable bonds is 6. The molecule has 3 rings (SSSR count). The van der Waals surface area contributed by atoms with Crippen LogP contribution in [0.15, 0.2) is 47.1 Å². The third-order valence-corrected chi connectivity index (χ3v) is 4.20. The molecule has 1 heterocycles. The van der Waals surface area contributed by atoms with Crippen molar-refractivity contribution in [2.75, 3.05) is 6.54 Å². The lowest BCUT2D eigenvalue weighted by molar-refractivity contribution is 0.0443. The van der Waals surface area contributed by atoms with Crippen LogP contribution in [0.1, 0.15) is 41.8 Å². The number of hydrogen-bond donors (Lipinski definition) is 2. The molecular weight excluding hydrogens is 294 g/mol. The van der Waals surface area contributed by atoms with E-state index in [-0.39, 0.29) is 24.8 Å². The first-order valence-corrected chi connectivity index (χ1v) is 7.91. The zero-order valence-electron chi connectivity index (χ0n) is 13.0. The van der Waals surface area contributed by atoms with Crippen molar-refractivity contribution in [3.05, 3.63) is 54.0 Å². The fraction of sp³-hybridized carbons (Fsp3) is 0.389. The van der Waals surface area contributed by atoms with E-state index in [4.69, 9.17) is 9.15 Å². The molecule has 1 saturated carbocycles. The van der Waals surface area contributed by atoms with Crippen molar-refractivity contribution in [2.24, 2.45) is 0 Å². The summed E-state index contributed by atoms with van der Waals surface area (Å²) in [5, 5.41) is 13.1. The SMILES string of the molecule is O=C(NCC1(O)CCCC1)c1occc1COc1ccccc1. The Morgan fingerprint density at radius 1 is 1.22 bits per heavy atom. The van der Waals surface area contributed by atoms with Crippen molar-refractivity contribution in [1.29, 1.82) is 0 Å². The Balaban J connectivity index is 1.57. The highest BCUT2D eigenvalue weighted by Gasteiger charge is 2.31. The number of amides is 1. The Hall–Kier alpha value is -2.27. The molecule has 0 spiro atoms. The topological polar surface area (TPSA) is 71.7 Å².